The summed E-state index contributed by atoms with van der Waals surface area (Å²) in [6.45, 7) is 6.69. The number of hydrogen-bond acceptors (Lipinski definition) is 1. The number of hydrogen-bond donors (Lipinski definition) is 0. The molecule has 0 N–H and O–H groups in total. The molecule has 0 atom stereocenters. The summed E-state index contributed by atoms with van der Waals surface area (Å²) in [5, 5.41) is 0.810. The smallest absolute Gasteiger partial charge is 0.0406 e. The van der Waals surface area contributed by atoms with Crippen molar-refractivity contribution in [2.24, 2.45) is 0 Å². The van der Waals surface area contributed by atoms with Crippen LogP contribution in [0.3, 0.4) is 0 Å². The summed E-state index contributed by atoms with van der Waals surface area (Å²) in [6, 6.07) is 8.06. The van der Waals surface area contributed by atoms with Crippen LogP contribution in [-0.2, 0) is 5.75 Å². The predicted molar refractivity (Wildman–Crippen MR) is 62.5 cm³/mol. The second kappa shape index (κ2) is 4.39. The van der Waals surface area contributed by atoms with Crippen LogP contribution in [-0.4, -0.2) is 4.75 Å². The van der Waals surface area contributed by atoms with Gasteiger partial charge in [-0.1, -0.05) is 44.5 Å². The van der Waals surface area contributed by atoms with E-state index in [0.717, 1.165) is 10.8 Å². The van der Waals surface area contributed by atoms with E-state index in [4.69, 9.17) is 11.6 Å². The van der Waals surface area contributed by atoms with Crippen LogP contribution in [0.25, 0.3) is 0 Å². The molecule has 0 bridgehead atoms. The Morgan fingerprint density at radius 2 is 1.69 bits per heavy atom. The van der Waals surface area contributed by atoms with Crippen molar-refractivity contribution >= 4 is 23.4 Å². The molecular weight excluding hydrogens is 200 g/mol. The van der Waals surface area contributed by atoms with Crippen LogP contribution < -0.4 is 0 Å². The number of thioether (sulfide) groups is 1. The van der Waals surface area contributed by atoms with Gasteiger partial charge in [0.2, 0.25) is 0 Å². The maximum Gasteiger partial charge on any atom is 0.0406 e. The van der Waals surface area contributed by atoms with Gasteiger partial charge in [-0.05, 0) is 17.7 Å². The summed E-state index contributed by atoms with van der Waals surface area (Å²) in [7, 11) is 0. The molecule has 0 heterocycles. The van der Waals surface area contributed by atoms with E-state index in [2.05, 4.69) is 32.9 Å². The summed E-state index contributed by atoms with van der Waals surface area (Å²) in [5.74, 6) is 1.06. The summed E-state index contributed by atoms with van der Waals surface area (Å²) in [6.07, 6.45) is 0. The van der Waals surface area contributed by atoms with Crippen molar-refractivity contribution in [2.75, 3.05) is 0 Å². The summed E-state index contributed by atoms with van der Waals surface area (Å²) < 4.78 is 0.333. The van der Waals surface area contributed by atoms with Crippen LogP contribution in [0.2, 0.25) is 5.02 Å². The topological polar surface area (TPSA) is 0 Å². The van der Waals surface area contributed by atoms with Crippen LogP contribution >= 0.6 is 23.4 Å². The van der Waals surface area contributed by atoms with Crippen LogP contribution in [0.4, 0.5) is 0 Å². The van der Waals surface area contributed by atoms with E-state index in [-0.39, 0.29) is 0 Å². The van der Waals surface area contributed by atoms with E-state index < -0.39 is 0 Å². The molecule has 0 aromatic heterocycles. The second-order valence-corrected chi connectivity index (χ2v) is 6.27. The summed E-state index contributed by atoms with van der Waals surface area (Å²) >= 11 is 7.74. The SMILES string of the molecule is CC(C)(C)SCc1ccc(Cl)cc1. The molecule has 0 fully saturated rings. The van der Waals surface area contributed by atoms with Crippen LogP contribution in [0.1, 0.15) is 26.3 Å². The highest BCUT2D eigenvalue weighted by Crippen LogP contribution is 2.27. The van der Waals surface area contributed by atoms with Crippen molar-refractivity contribution in [3.63, 3.8) is 0 Å². The molecule has 1 rings (SSSR count). The van der Waals surface area contributed by atoms with Gasteiger partial charge in [0, 0.05) is 15.5 Å². The maximum absolute atomic E-state index is 5.79. The Labute approximate surface area is 89.7 Å². The normalized spacial score (nSPS) is 11.7. The molecule has 1 aromatic carbocycles. The van der Waals surface area contributed by atoms with Gasteiger partial charge >= 0.3 is 0 Å². The zero-order valence-corrected chi connectivity index (χ0v) is 9.88. The van der Waals surface area contributed by atoms with Crippen molar-refractivity contribution in [3.05, 3.63) is 34.9 Å². The molecule has 0 unspecified atom stereocenters. The van der Waals surface area contributed by atoms with Gasteiger partial charge in [0.15, 0.2) is 0 Å². The largest absolute Gasteiger partial charge is 0.151 e. The monoisotopic (exact) mass is 214 g/mol. The van der Waals surface area contributed by atoms with E-state index in [0.29, 0.717) is 4.75 Å². The van der Waals surface area contributed by atoms with Gasteiger partial charge in [-0.25, -0.2) is 0 Å². The first-order valence-corrected chi connectivity index (χ1v) is 5.72. The first kappa shape index (κ1) is 10.9. The molecule has 0 amide bonds. The molecule has 0 aliphatic carbocycles. The quantitative estimate of drug-likeness (QED) is 0.705. The van der Waals surface area contributed by atoms with E-state index in [1.165, 1.54) is 5.56 Å². The number of halogens is 1. The molecule has 13 heavy (non-hydrogen) atoms. The molecule has 1 aromatic rings. The number of benzene rings is 1. The van der Waals surface area contributed by atoms with Crippen LogP contribution in [0, 0.1) is 0 Å². The van der Waals surface area contributed by atoms with Gasteiger partial charge in [-0.15, -0.1) is 0 Å². The molecule has 0 nitrogen and oxygen atoms in total. The Morgan fingerprint density at radius 1 is 1.15 bits per heavy atom. The molecule has 0 aliphatic rings. The lowest BCUT2D eigenvalue weighted by molar-refractivity contribution is 0.802. The molecule has 0 spiro atoms. The minimum atomic E-state index is 0.333. The second-order valence-electron chi connectivity index (χ2n) is 4.03. The Hall–Kier alpha value is -0.140. The van der Waals surface area contributed by atoms with E-state index >= 15 is 0 Å². The minimum Gasteiger partial charge on any atom is -0.151 e. The van der Waals surface area contributed by atoms with Gasteiger partial charge < -0.3 is 0 Å². The van der Waals surface area contributed by atoms with Crippen molar-refractivity contribution in [3.8, 4) is 0 Å². The van der Waals surface area contributed by atoms with E-state index in [9.17, 15) is 0 Å². The third-order valence-electron chi connectivity index (χ3n) is 1.59. The van der Waals surface area contributed by atoms with Gasteiger partial charge in [0.25, 0.3) is 0 Å². The Bertz CT molecular complexity index is 258. The highest BCUT2D eigenvalue weighted by atomic mass is 35.5. The maximum atomic E-state index is 5.79. The van der Waals surface area contributed by atoms with Gasteiger partial charge in [0.1, 0.15) is 0 Å². The van der Waals surface area contributed by atoms with E-state index in [1.54, 1.807) is 0 Å². The lowest BCUT2D eigenvalue weighted by Crippen LogP contribution is -2.07. The fraction of sp³-hybridized carbons (Fsp3) is 0.455. The van der Waals surface area contributed by atoms with Crippen LogP contribution in [0.5, 0.6) is 0 Å². The van der Waals surface area contributed by atoms with E-state index in [1.807, 2.05) is 23.9 Å². The average molecular weight is 215 g/mol. The third kappa shape index (κ3) is 4.58. The van der Waals surface area contributed by atoms with Gasteiger partial charge in [0.05, 0.1) is 0 Å². The fourth-order valence-corrected chi connectivity index (χ4v) is 1.80. The molecule has 0 radical (unpaired) electrons. The number of rotatable bonds is 2. The third-order valence-corrected chi connectivity index (χ3v) is 3.18. The minimum absolute atomic E-state index is 0.333. The molecule has 2 heteroatoms. The molecule has 0 saturated heterocycles. The molecule has 72 valence electrons. The van der Waals surface area contributed by atoms with Gasteiger partial charge in [-0.2, -0.15) is 11.8 Å². The molecule has 0 aliphatic heterocycles. The lowest BCUT2D eigenvalue weighted by Gasteiger charge is -2.17. The van der Waals surface area contributed by atoms with Crippen LogP contribution in [0.15, 0.2) is 24.3 Å². The standard InChI is InChI=1S/C11H15ClS/c1-11(2,3)13-8-9-4-6-10(12)7-5-9/h4-7H,8H2,1-3H3. The molecule has 0 saturated carbocycles. The lowest BCUT2D eigenvalue weighted by atomic mass is 10.2. The van der Waals surface area contributed by atoms with Crippen molar-refractivity contribution in [2.45, 2.75) is 31.3 Å². The highest BCUT2D eigenvalue weighted by molar-refractivity contribution is 7.99. The highest BCUT2D eigenvalue weighted by Gasteiger charge is 2.09. The summed E-state index contributed by atoms with van der Waals surface area (Å²) in [5.41, 5.74) is 1.34. The zero-order valence-electron chi connectivity index (χ0n) is 8.30. The zero-order chi connectivity index (χ0) is 9.90. The van der Waals surface area contributed by atoms with Crippen molar-refractivity contribution in [1.82, 2.24) is 0 Å². The fourth-order valence-electron chi connectivity index (χ4n) is 0.880. The average Bonchev–Trinajstić information content (AvgIpc) is 2.02. The predicted octanol–water partition coefficient (Wildman–Crippen LogP) is 4.37. The Morgan fingerprint density at radius 3 is 2.15 bits per heavy atom. The summed E-state index contributed by atoms with van der Waals surface area (Å²) in [4.78, 5) is 0. The van der Waals surface area contributed by atoms with Crippen molar-refractivity contribution < 1.29 is 0 Å². The first-order chi connectivity index (χ1) is 5.97. The van der Waals surface area contributed by atoms with Gasteiger partial charge in [-0.3, -0.25) is 0 Å². The Balaban J connectivity index is 2.51. The van der Waals surface area contributed by atoms with Crippen molar-refractivity contribution in [1.29, 1.82) is 0 Å². The first-order valence-electron chi connectivity index (χ1n) is 4.36. The molecular formula is C11H15ClS. The Kier molecular flexibility index (Phi) is 3.69.